The molecule has 0 saturated carbocycles. The molecule has 5 heteroatoms. The van der Waals surface area contributed by atoms with E-state index in [2.05, 4.69) is 29.3 Å². The van der Waals surface area contributed by atoms with Gasteiger partial charge in [0.05, 0.1) is 5.75 Å². The number of rotatable bonds is 5. The standard InChI is InChI=1S/C18H19ClN2OS/c1-2-21-10-9-13-3-6-15(11-17(13)21)20-18(22)12-23-16-7-4-14(19)5-8-16/h3-8,11H,2,9-10,12H2,1H3,(H,20,22). The highest BCUT2D eigenvalue weighted by molar-refractivity contribution is 8.00. The summed E-state index contributed by atoms with van der Waals surface area (Å²) in [6.45, 7) is 4.22. The summed E-state index contributed by atoms with van der Waals surface area (Å²) in [4.78, 5) is 15.5. The maximum absolute atomic E-state index is 12.1. The molecular formula is C18H19ClN2OS. The van der Waals surface area contributed by atoms with Crippen LogP contribution in [0.3, 0.4) is 0 Å². The van der Waals surface area contributed by atoms with Crippen LogP contribution in [0.4, 0.5) is 11.4 Å². The second kappa shape index (κ2) is 7.28. The maximum atomic E-state index is 12.1. The third-order valence-corrected chi connectivity index (χ3v) is 5.19. The molecule has 0 aliphatic carbocycles. The van der Waals surface area contributed by atoms with Crippen molar-refractivity contribution in [1.82, 2.24) is 0 Å². The number of anilines is 2. The molecule has 23 heavy (non-hydrogen) atoms. The van der Waals surface area contributed by atoms with Crippen LogP contribution < -0.4 is 10.2 Å². The van der Waals surface area contributed by atoms with Gasteiger partial charge in [0.1, 0.15) is 0 Å². The quantitative estimate of drug-likeness (QED) is 0.811. The molecule has 0 unspecified atom stereocenters. The Bertz CT molecular complexity index is 703. The van der Waals surface area contributed by atoms with Crippen LogP contribution >= 0.6 is 23.4 Å². The number of halogens is 1. The number of hydrogen-bond donors (Lipinski definition) is 1. The van der Waals surface area contributed by atoms with E-state index in [0.717, 1.165) is 30.1 Å². The van der Waals surface area contributed by atoms with Gasteiger partial charge in [-0.05, 0) is 55.3 Å². The summed E-state index contributed by atoms with van der Waals surface area (Å²) in [5.41, 5.74) is 3.47. The first-order valence-electron chi connectivity index (χ1n) is 7.72. The molecule has 0 aromatic heterocycles. The number of nitrogens with zero attached hydrogens (tertiary/aromatic N) is 1. The van der Waals surface area contributed by atoms with Crippen LogP contribution in [0.1, 0.15) is 12.5 Å². The molecule has 0 spiro atoms. The summed E-state index contributed by atoms with van der Waals surface area (Å²) in [5, 5.41) is 3.69. The number of fused-ring (bicyclic) bond motifs is 1. The number of carbonyl (C=O) groups is 1. The van der Waals surface area contributed by atoms with Gasteiger partial charge in [0.15, 0.2) is 0 Å². The minimum Gasteiger partial charge on any atom is -0.371 e. The van der Waals surface area contributed by atoms with Gasteiger partial charge in [0, 0.05) is 34.4 Å². The largest absolute Gasteiger partial charge is 0.371 e. The predicted molar refractivity (Wildman–Crippen MR) is 98.8 cm³/mol. The number of carbonyl (C=O) groups excluding carboxylic acids is 1. The molecule has 1 heterocycles. The molecule has 0 bridgehead atoms. The van der Waals surface area contributed by atoms with Crippen LogP contribution in [-0.4, -0.2) is 24.7 Å². The van der Waals surface area contributed by atoms with Crippen LogP contribution in [-0.2, 0) is 11.2 Å². The number of likely N-dealkylation sites (N-methyl/N-ethyl adjacent to an activating group) is 1. The lowest BCUT2D eigenvalue weighted by atomic mass is 10.1. The summed E-state index contributed by atoms with van der Waals surface area (Å²) in [6.07, 6.45) is 1.09. The van der Waals surface area contributed by atoms with Crippen molar-refractivity contribution in [2.24, 2.45) is 0 Å². The molecule has 2 aromatic carbocycles. The Balaban J connectivity index is 1.59. The molecule has 1 aliphatic rings. The smallest absolute Gasteiger partial charge is 0.234 e. The Morgan fingerprint density at radius 2 is 2.04 bits per heavy atom. The molecule has 1 aliphatic heterocycles. The first-order valence-corrected chi connectivity index (χ1v) is 9.08. The monoisotopic (exact) mass is 346 g/mol. The lowest BCUT2D eigenvalue weighted by Crippen LogP contribution is -2.19. The van der Waals surface area contributed by atoms with E-state index in [1.165, 1.54) is 23.0 Å². The summed E-state index contributed by atoms with van der Waals surface area (Å²) in [6, 6.07) is 13.7. The van der Waals surface area contributed by atoms with Gasteiger partial charge < -0.3 is 10.2 Å². The third kappa shape index (κ3) is 4.01. The zero-order valence-electron chi connectivity index (χ0n) is 13.0. The van der Waals surface area contributed by atoms with Gasteiger partial charge >= 0.3 is 0 Å². The second-order valence-electron chi connectivity index (χ2n) is 5.46. The van der Waals surface area contributed by atoms with Crippen molar-refractivity contribution in [1.29, 1.82) is 0 Å². The van der Waals surface area contributed by atoms with E-state index in [0.29, 0.717) is 10.8 Å². The van der Waals surface area contributed by atoms with Gasteiger partial charge in [-0.3, -0.25) is 4.79 Å². The molecular weight excluding hydrogens is 328 g/mol. The summed E-state index contributed by atoms with van der Waals surface area (Å²) in [7, 11) is 0. The molecule has 2 aromatic rings. The van der Waals surface area contributed by atoms with Crippen molar-refractivity contribution in [3.05, 3.63) is 53.1 Å². The molecule has 0 saturated heterocycles. The van der Waals surface area contributed by atoms with Crippen molar-refractivity contribution >= 4 is 40.6 Å². The van der Waals surface area contributed by atoms with Crippen LogP contribution in [0.5, 0.6) is 0 Å². The van der Waals surface area contributed by atoms with Crippen molar-refractivity contribution in [3.63, 3.8) is 0 Å². The van der Waals surface area contributed by atoms with Crippen LogP contribution in [0, 0.1) is 0 Å². The summed E-state index contributed by atoms with van der Waals surface area (Å²) >= 11 is 7.37. The fourth-order valence-electron chi connectivity index (χ4n) is 2.73. The van der Waals surface area contributed by atoms with Gasteiger partial charge in [0.2, 0.25) is 5.91 Å². The van der Waals surface area contributed by atoms with Crippen molar-refractivity contribution in [2.45, 2.75) is 18.2 Å². The highest BCUT2D eigenvalue weighted by Crippen LogP contribution is 2.30. The zero-order valence-corrected chi connectivity index (χ0v) is 14.6. The van der Waals surface area contributed by atoms with Crippen molar-refractivity contribution < 1.29 is 4.79 Å². The van der Waals surface area contributed by atoms with Gasteiger partial charge in [-0.25, -0.2) is 0 Å². The molecule has 3 nitrogen and oxygen atoms in total. The lowest BCUT2D eigenvalue weighted by molar-refractivity contribution is -0.113. The van der Waals surface area contributed by atoms with E-state index in [1.54, 1.807) is 0 Å². The number of hydrogen-bond acceptors (Lipinski definition) is 3. The van der Waals surface area contributed by atoms with Crippen LogP contribution in [0.15, 0.2) is 47.4 Å². The number of amides is 1. The van der Waals surface area contributed by atoms with E-state index in [9.17, 15) is 4.79 Å². The lowest BCUT2D eigenvalue weighted by Gasteiger charge is -2.17. The minimum absolute atomic E-state index is 0.00551. The van der Waals surface area contributed by atoms with E-state index < -0.39 is 0 Å². The number of benzene rings is 2. The van der Waals surface area contributed by atoms with Crippen LogP contribution in [0.25, 0.3) is 0 Å². The van der Waals surface area contributed by atoms with E-state index in [-0.39, 0.29) is 5.91 Å². The topological polar surface area (TPSA) is 32.3 Å². The second-order valence-corrected chi connectivity index (χ2v) is 6.95. The number of thioether (sulfide) groups is 1. The Kier molecular flexibility index (Phi) is 5.13. The molecule has 0 fully saturated rings. The van der Waals surface area contributed by atoms with Gasteiger partial charge in [-0.1, -0.05) is 17.7 Å². The Hall–Kier alpha value is -1.65. The molecule has 1 amide bonds. The molecule has 120 valence electrons. The summed E-state index contributed by atoms with van der Waals surface area (Å²) < 4.78 is 0. The van der Waals surface area contributed by atoms with Crippen LogP contribution in [0.2, 0.25) is 5.02 Å². The van der Waals surface area contributed by atoms with Gasteiger partial charge in [0.25, 0.3) is 0 Å². The Labute approximate surface area is 146 Å². The van der Waals surface area contributed by atoms with E-state index in [1.807, 2.05) is 30.3 Å². The maximum Gasteiger partial charge on any atom is 0.234 e. The normalized spacial score (nSPS) is 13.0. The summed E-state index contributed by atoms with van der Waals surface area (Å²) in [5.74, 6) is 0.391. The minimum atomic E-state index is 0.00551. The Morgan fingerprint density at radius 1 is 1.26 bits per heavy atom. The SMILES string of the molecule is CCN1CCc2ccc(NC(=O)CSc3ccc(Cl)cc3)cc21. The predicted octanol–water partition coefficient (Wildman–Crippen LogP) is 4.45. The average molecular weight is 347 g/mol. The Morgan fingerprint density at radius 3 is 2.78 bits per heavy atom. The molecule has 0 radical (unpaired) electrons. The zero-order chi connectivity index (χ0) is 16.2. The first kappa shape index (κ1) is 16.2. The molecule has 0 atom stereocenters. The highest BCUT2D eigenvalue weighted by Gasteiger charge is 2.18. The molecule has 1 N–H and O–H groups in total. The average Bonchev–Trinajstić information content (AvgIpc) is 2.96. The number of nitrogens with one attached hydrogen (secondary N) is 1. The third-order valence-electron chi connectivity index (χ3n) is 3.93. The van der Waals surface area contributed by atoms with Gasteiger partial charge in [-0.15, -0.1) is 11.8 Å². The molecule has 3 rings (SSSR count). The van der Waals surface area contributed by atoms with E-state index in [4.69, 9.17) is 11.6 Å². The first-order chi connectivity index (χ1) is 11.2. The van der Waals surface area contributed by atoms with E-state index >= 15 is 0 Å². The fraction of sp³-hybridized carbons (Fsp3) is 0.278. The highest BCUT2D eigenvalue weighted by atomic mass is 35.5. The van der Waals surface area contributed by atoms with Crippen molar-refractivity contribution in [3.8, 4) is 0 Å². The van der Waals surface area contributed by atoms with Crippen molar-refractivity contribution in [2.75, 3.05) is 29.1 Å². The fourth-order valence-corrected chi connectivity index (χ4v) is 3.55. The van der Waals surface area contributed by atoms with Gasteiger partial charge in [-0.2, -0.15) is 0 Å².